The largest absolute Gasteiger partial charge is 0.342 e. The predicted octanol–water partition coefficient (Wildman–Crippen LogP) is 5.10. The molecule has 5 rings (SSSR count). The second-order valence-corrected chi connectivity index (χ2v) is 9.58. The molecular formula is C25H27N5OS. The third-order valence-corrected chi connectivity index (χ3v) is 7.39. The molecule has 1 fully saturated rings. The summed E-state index contributed by atoms with van der Waals surface area (Å²) in [5.41, 5.74) is 4.15. The molecule has 0 spiro atoms. The van der Waals surface area contributed by atoms with Gasteiger partial charge >= 0.3 is 0 Å². The van der Waals surface area contributed by atoms with Gasteiger partial charge in [-0.3, -0.25) is 14.2 Å². The maximum absolute atomic E-state index is 13.0. The van der Waals surface area contributed by atoms with E-state index in [9.17, 15) is 4.79 Å². The van der Waals surface area contributed by atoms with E-state index < -0.39 is 0 Å². The molecule has 1 aliphatic heterocycles. The Balaban J connectivity index is 1.42. The smallest absolute Gasteiger partial charge is 0.228 e. The number of nitrogens with zero attached hydrogens (tertiary/aromatic N) is 4. The minimum absolute atomic E-state index is 0.144. The topological polar surface area (TPSA) is 62.5 Å². The molecule has 4 aromatic rings. The van der Waals surface area contributed by atoms with E-state index in [0.717, 1.165) is 42.4 Å². The van der Waals surface area contributed by atoms with Crippen molar-refractivity contribution in [2.24, 2.45) is 0 Å². The van der Waals surface area contributed by atoms with E-state index >= 15 is 0 Å². The fourth-order valence-corrected chi connectivity index (χ4v) is 5.57. The first kappa shape index (κ1) is 20.7. The molecule has 1 aliphatic rings. The Bertz CT molecular complexity index is 1230. The van der Waals surface area contributed by atoms with E-state index in [2.05, 4.69) is 28.5 Å². The number of carbonyl (C=O) groups is 1. The lowest BCUT2D eigenvalue weighted by atomic mass is 9.95. The van der Waals surface area contributed by atoms with Gasteiger partial charge in [0.15, 0.2) is 0 Å². The van der Waals surface area contributed by atoms with Crippen molar-refractivity contribution < 1.29 is 4.79 Å². The zero-order chi connectivity index (χ0) is 22.1. The van der Waals surface area contributed by atoms with Gasteiger partial charge in [-0.2, -0.15) is 0 Å². The Morgan fingerprint density at radius 3 is 2.75 bits per heavy atom. The SMILES string of the molecule is Cc1sc2c([C@@H]3CCCN(C(=O)Cc4ccccn4)C3)nc(Nc3ccccc3)n2c1C. The highest BCUT2D eigenvalue weighted by molar-refractivity contribution is 7.17. The van der Waals surface area contributed by atoms with Crippen molar-refractivity contribution in [3.63, 3.8) is 0 Å². The number of amides is 1. The highest BCUT2D eigenvalue weighted by Gasteiger charge is 2.30. The summed E-state index contributed by atoms with van der Waals surface area (Å²) in [5.74, 6) is 1.22. The van der Waals surface area contributed by atoms with Crippen LogP contribution in [0.2, 0.25) is 0 Å². The minimum Gasteiger partial charge on any atom is -0.342 e. The first-order valence-corrected chi connectivity index (χ1v) is 11.9. The highest BCUT2D eigenvalue weighted by Crippen LogP contribution is 2.37. The van der Waals surface area contributed by atoms with Crippen LogP contribution in [0.25, 0.3) is 4.83 Å². The Hall–Kier alpha value is -3.19. The first-order valence-electron chi connectivity index (χ1n) is 11.1. The molecule has 1 atom stereocenters. The van der Waals surface area contributed by atoms with Gasteiger partial charge in [-0.1, -0.05) is 24.3 Å². The van der Waals surface area contributed by atoms with E-state index in [-0.39, 0.29) is 11.8 Å². The Morgan fingerprint density at radius 1 is 1.16 bits per heavy atom. The number of nitrogens with one attached hydrogen (secondary N) is 1. The molecule has 4 heterocycles. The van der Waals surface area contributed by atoms with Crippen LogP contribution in [0.15, 0.2) is 54.7 Å². The zero-order valence-corrected chi connectivity index (χ0v) is 19.2. The lowest BCUT2D eigenvalue weighted by Gasteiger charge is -2.32. The molecule has 0 unspecified atom stereocenters. The van der Waals surface area contributed by atoms with Crippen LogP contribution >= 0.6 is 11.3 Å². The first-order chi connectivity index (χ1) is 15.6. The number of carbonyl (C=O) groups excluding carboxylic acids is 1. The van der Waals surface area contributed by atoms with Crippen molar-refractivity contribution in [1.82, 2.24) is 19.3 Å². The fraction of sp³-hybridized carbons (Fsp3) is 0.320. The van der Waals surface area contributed by atoms with Crippen molar-refractivity contribution in [3.8, 4) is 0 Å². The van der Waals surface area contributed by atoms with Crippen LogP contribution in [0.4, 0.5) is 11.6 Å². The van der Waals surface area contributed by atoms with Gasteiger partial charge in [-0.15, -0.1) is 11.3 Å². The van der Waals surface area contributed by atoms with Crippen molar-refractivity contribution in [3.05, 3.63) is 76.7 Å². The summed E-state index contributed by atoms with van der Waals surface area (Å²) in [4.78, 5) is 26.8. The lowest BCUT2D eigenvalue weighted by Crippen LogP contribution is -2.40. The number of likely N-dealkylation sites (tertiary alicyclic amines) is 1. The maximum Gasteiger partial charge on any atom is 0.228 e. The molecule has 1 aromatic carbocycles. The molecule has 1 saturated heterocycles. The summed E-state index contributed by atoms with van der Waals surface area (Å²) < 4.78 is 2.23. The number of aryl methyl sites for hydroxylation is 2. The molecule has 7 heteroatoms. The van der Waals surface area contributed by atoms with Gasteiger partial charge in [0.1, 0.15) is 4.83 Å². The monoisotopic (exact) mass is 445 g/mol. The molecule has 0 saturated carbocycles. The van der Waals surface area contributed by atoms with Gasteiger partial charge in [0.2, 0.25) is 11.9 Å². The van der Waals surface area contributed by atoms with E-state index in [1.54, 1.807) is 17.5 Å². The molecule has 6 nitrogen and oxygen atoms in total. The van der Waals surface area contributed by atoms with E-state index in [1.807, 2.05) is 53.4 Å². The van der Waals surface area contributed by atoms with Gasteiger partial charge in [-0.05, 0) is 51.0 Å². The van der Waals surface area contributed by atoms with Crippen molar-refractivity contribution in [2.75, 3.05) is 18.4 Å². The standard InChI is InChI=1S/C25H27N5OS/c1-17-18(2)32-24-23(28-25(30(17)24)27-20-10-4-3-5-11-20)19-9-8-14-29(16-19)22(31)15-21-12-6-7-13-26-21/h3-7,10-13,19H,8-9,14-16H2,1-2H3,(H,27,28)/t19-/m1/s1. The molecule has 32 heavy (non-hydrogen) atoms. The van der Waals surface area contributed by atoms with Crippen molar-refractivity contribution >= 4 is 33.7 Å². The number of imidazole rings is 1. The number of pyridine rings is 1. The average Bonchev–Trinajstić information content (AvgIpc) is 3.32. The number of hydrogen-bond acceptors (Lipinski definition) is 5. The molecular weight excluding hydrogens is 418 g/mol. The summed E-state index contributed by atoms with van der Waals surface area (Å²) >= 11 is 1.79. The Kier molecular flexibility index (Phi) is 5.66. The number of hydrogen-bond donors (Lipinski definition) is 1. The van der Waals surface area contributed by atoms with Crippen molar-refractivity contribution in [2.45, 2.75) is 39.0 Å². The van der Waals surface area contributed by atoms with Crippen LogP contribution in [0.1, 0.15) is 40.7 Å². The van der Waals surface area contributed by atoms with Gasteiger partial charge in [-0.25, -0.2) is 4.98 Å². The van der Waals surface area contributed by atoms with Gasteiger partial charge in [0, 0.05) is 47.2 Å². The second kappa shape index (κ2) is 8.74. The van der Waals surface area contributed by atoms with E-state index in [1.165, 1.54) is 15.4 Å². The fourth-order valence-electron chi connectivity index (χ4n) is 4.40. The summed E-state index contributed by atoms with van der Waals surface area (Å²) in [6.45, 7) is 5.81. The van der Waals surface area contributed by atoms with Crippen LogP contribution in [0, 0.1) is 13.8 Å². The molecule has 1 N–H and O–H groups in total. The van der Waals surface area contributed by atoms with Crippen LogP contribution in [-0.4, -0.2) is 38.3 Å². The number of anilines is 2. The molecule has 0 bridgehead atoms. The zero-order valence-electron chi connectivity index (χ0n) is 18.4. The molecule has 0 aliphatic carbocycles. The highest BCUT2D eigenvalue weighted by atomic mass is 32.1. The third kappa shape index (κ3) is 4.00. The Labute approximate surface area is 191 Å². The average molecular weight is 446 g/mol. The van der Waals surface area contributed by atoms with Gasteiger partial charge < -0.3 is 10.2 Å². The number of rotatable bonds is 5. The molecule has 0 radical (unpaired) electrons. The Morgan fingerprint density at radius 2 is 1.97 bits per heavy atom. The normalized spacial score (nSPS) is 16.4. The van der Waals surface area contributed by atoms with Crippen LogP contribution in [0.3, 0.4) is 0 Å². The number of fused-ring (bicyclic) bond motifs is 1. The number of benzene rings is 1. The quantitative estimate of drug-likeness (QED) is 0.464. The second-order valence-electron chi connectivity index (χ2n) is 8.37. The van der Waals surface area contributed by atoms with Crippen LogP contribution < -0.4 is 5.32 Å². The predicted molar refractivity (Wildman–Crippen MR) is 129 cm³/mol. The van der Waals surface area contributed by atoms with E-state index in [0.29, 0.717) is 13.0 Å². The van der Waals surface area contributed by atoms with Crippen LogP contribution in [-0.2, 0) is 11.2 Å². The van der Waals surface area contributed by atoms with Crippen LogP contribution in [0.5, 0.6) is 0 Å². The molecule has 164 valence electrons. The maximum atomic E-state index is 13.0. The van der Waals surface area contributed by atoms with Gasteiger partial charge in [0.25, 0.3) is 0 Å². The summed E-state index contributed by atoms with van der Waals surface area (Å²) in [7, 11) is 0. The number of thiazole rings is 1. The van der Waals surface area contributed by atoms with E-state index in [4.69, 9.17) is 4.98 Å². The third-order valence-electron chi connectivity index (χ3n) is 6.20. The van der Waals surface area contributed by atoms with Crippen molar-refractivity contribution in [1.29, 1.82) is 0 Å². The number of piperidine rings is 1. The summed E-state index contributed by atoms with van der Waals surface area (Å²) in [6, 6.07) is 15.9. The lowest BCUT2D eigenvalue weighted by molar-refractivity contribution is -0.131. The number of para-hydroxylation sites is 1. The number of aromatic nitrogens is 3. The summed E-state index contributed by atoms with van der Waals surface area (Å²) in [6.07, 6.45) is 4.12. The minimum atomic E-state index is 0.144. The summed E-state index contributed by atoms with van der Waals surface area (Å²) in [5, 5.41) is 3.50. The molecule has 3 aromatic heterocycles. The molecule has 1 amide bonds. The van der Waals surface area contributed by atoms with Gasteiger partial charge in [0.05, 0.1) is 12.1 Å².